The van der Waals surface area contributed by atoms with Gasteiger partial charge in [0.25, 0.3) is 0 Å². The first kappa shape index (κ1) is 28.8. The number of nitriles is 2. The molecule has 0 N–H and O–H groups in total. The molecule has 0 fully saturated rings. The Bertz CT molecular complexity index is 2960. The van der Waals surface area contributed by atoms with Crippen LogP contribution in [0.4, 0.5) is 5.69 Å². The van der Waals surface area contributed by atoms with E-state index in [0.29, 0.717) is 16.8 Å². The number of hydrogen-bond acceptors (Lipinski definition) is 2. The highest BCUT2D eigenvalue weighted by molar-refractivity contribution is 6.14. The van der Waals surface area contributed by atoms with E-state index in [1.165, 1.54) is 0 Å². The van der Waals surface area contributed by atoms with Gasteiger partial charge in [-0.2, -0.15) is 10.5 Å². The van der Waals surface area contributed by atoms with Gasteiger partial charge in [0.1, 0.15) is 6.07 Å². The highest BCUT2D eigenvalue weighted by Gasteiger charge is 2.19. The van der Waals surface area contributed by atoms with Gasteiger partial charge in [0, 0.05) is 21.7 Å². The molecule has 230 valence electrons. The first-order chi connectivity index (χ1) is 24.7. The lowest BCUT2D eigenvalue weighted by Crippen LogP contribution is -1.98. The highest BCUT2D eigenvalue weighted by atomic mass is 15.0. The Morgan fingerprint density at radius 2 is 1.12 bits per heavy atom. The molecule has 0 aliphatic carbocycles. The SMILES string of the molecule is [C-]#[N+]c1cccc2c3ccccc3n(-c3ccccc3-c3ccc(-c4ccc(-n5c6ccccc6c6cc(C#N)ccc65)c(C#N)c4)cc3)c12. The largest absolute Gasteiger partial charge is 0.318 e. The van der Waals surface area contributed by atoms with E-state index in [9.17, 15) is 10.5 Å². The monoisotopic (exact) mass is 635 g/mol. The van der Waals surface area contributed by atoms with Crippen LogP contribution in [0.15, 0.2) is 152 Å². The van der Waals surface area contributed by atoms with Crippen molar-refractivity contribution in [3.05, 3.63) is 174 Å². The number of aromatic nitrogens is 2. The van der Waals surface area contributed by atoms with Crippen molar-refractivity contribution in [1.29, 1.82) is 10.5 Å². The maximum absolute atomic E-state index is 10.4. The molecule has 0 saturated heterocycles. The molecule has 0 atom stereocenters. The van der Waals surface area contributed by atoms with E-state index in [1.807, 2.05) is 78.9 Å². The van der Waals surface area contributed by atoms with Crippen LogP contribution in [0.2, 0.25) is 0 Å². The third-order valence-corrected chi connectivity index (χ3v) is 9.63. The molecule has 0 amide bonds. The molecule has 2 heterocycles. The molecule has 0 bridgehead atoms. The van der Waals surface area contributed by atoms with Crippen molar-refractivity contribution in [2.24, 2.45) is 0 Å². The normalized spacial score (nSPS) is 11.1. The maximum Gasteiger partial charge on any atom is 0.211 e. The summed E-state index contributed by atoms with van der Waals surface area (Å²) in [5, 5.41) is 24.1. The summed E-state index contributed by atoms with van der Waals surface area (Å²) >= 11 is 0. The van der Waals surface area contributed by atoms with Crippen LogP contribution in [0.25, 0.3) is 82.1 Å². The van der Waals surface area contributed by atoms with Crippen LogP contribution in [0.3, 0.4) is 0 Å². The summed E-state index contributed by atoms with van der Waals surface area (Å²) in [5.74, 6) is 0. The topological polar surface area (TPSA) is 61.8 Å². The van der Waals surface area contributed by atoms with Gasteiger partial charge in [-0.1, -0.05) is 103 Å². The summed E-state index contributed by atoms with van der Waals surface area (Å²) < 4.78 is 4.33. The fraction of sp³-hybridized carbons (Fsp3) is 0. The first-order valence-corrected chi connectivity index (χ1v) is 16.3. The summed E-state index contributed by atoms with van der Waals surface area (Å²) in [4.78, 5) is 3.89. The Balaban J connectivity index is 1.14. The molecule has 0 aliphatic rings. The number of para-hydroxylation sites is 4. The zero-order chi connectivity index (χ0) is 33.8. The highest BCUT2D eigenvalue weighted by Crippen LogP contribution is 2.40. The van der Waals surface area contributed by atoms with E-state index >= 15 is 0 Å². The second-order valence-corrected chi connectivity index (χ2v) is 12.3. The number of rotatable bonds is 4. The van der Waals surface area contributed by atoms with Crippen molar-refractivity contribution in [3.8, 4) is 45.8 Å². The molecule has 0 unspecified atom stereocenters. The van der Waals surface area contributed by atoms with Crippen molar-refractivity contribution < 1.29 is 0 Å². The van der Waals surface area contributed by atoms with Gasteiger partial charge in [-0.15, -0.1) is 0 Å². The summed E-state index contributed by atoms with van der Waals surface area (Å²) in [5.41, 5.74) is 11.5. The number of benzene rings is 7. The van der Waals surface area contributed by atoms with Gasteiger partial charge < -0.3 is 9.13 Å². The standard InChI is InChI=1S/C45H25N5/c1-48-39-13-8-12-37-35-10-3-7-16-43(35)50(45(37)39)41-14-5-2-9-34(41)31-20-18-30(19-21-31)32-22-24-40(33(26-32)28-47)49-42-15-6-4-11-36(42)38-25-29(27-46)17-23-44(38)49/h2-26H. The summed E-state index contributed by atoms with van der Waals surface area (Å²) in [7, 11) is 0. The number of hydrogen-bond donors (Lipinski definition) is 0. The molecule has 0 radical (unpaired) electrons. The van der Waals surface area contributed by atoms with E-state index in [4.69, 9.17) is 6.57 Å². The third-order valence-electron chi connectivity index (χ3n) is 9.63. The molecule has 0 saturated carbocycles. The third kappa shape index (κ3) is 4.31. The molecule has 5 heteroatoms. The van der Waals surface area contributed by atoms with Gasteiger partial charge in [-0.05, 0) is 70.6 Å². The van der Waals surface area contributed by atoms with Gasteiger partial charge in [0.15, 0.2) is 0 Å². The summed E-state index contributed by atoms with van der Waals surface area (Å²) in [6.07, 6.45) is 0. The Labute approximate surface area is 288 Å². The lowest BCUT2D eigenvalue weighted by molar-refractivity contribution is 1.17. The molecule has 2 aromatic heterocycles. The van der Waals surface area contributed by atoms with E-state index in [1.54, 1.807) is 0 Å². The average molecular weight is 636 g/mol. The van der Waals surface area contributed by atoms with E-state index in [2.05, 4.69) is 98.9 Å². The molecule has 9 rings (SSSR count). The van der Waals surface area contributed by atoms with Crippen LogP contribution in [0, 0.1) is 29.2 Å². The fourth-order valence-corrected chi connectivity index (χ4v) is 7.40. The van der Waals surface area contributed by atoms with E-state index < -0.39 is 0 Å². The minimum Gasteiger partial charge on any atom is -0.318 e. The van der Waals surface area contributed by atoms with Crippen molar-refractivity contribution in [1.82, 2.24) is 9.13 Å². The Kier molecular flexibility index (Phi) is 6.56. The van der Waals surface area contributed by atoms with Crippen LogP contribution in [0.5, 0.6) is 0 Å². The van der Waals surface area contributed by atoms with E-state index in [-0.39, 0.29) is 0 Å². The second-order valence-electron chi connectivity index (χ2n) is 12.3. The smallest absolute Gasteiger partial charge is 0.211 e. The minimum atomic E-state index is 0.561. The molecule has 7 aromatic carbocycles. The second kappa shape index (κ2) is 11.4. The van der Waals surface area contributed by atoms with E-state index in [0.717, 1.165) is 77.2 Å². The minimum absolute atomic E-state index is 0.561. The Morgan fingerprint density at radius 3 is 1.88 bits per heavy atom. The average Bonchev–Trinajstić information content (AvgIpc) is 3.70. The number of fused-ring (bicyclic) bond motifs is 6. The van der Waals surface area contributed by atoms with Gasteiger partial charge in [0.2, 0.25) is 5.69 Å². The summed E-state index contributed by atoms with van der Waals surface area (Å²) in [6.45, 7) is 7.93. The predicted octanol–water partition coefficient (Wildman–Crippen LogP) is 11.5. The van der Waals surface area contributed by atoms with Crippen LogP contribution < -0.4 is 0 Å². The Hall–Kier alpha value is -7.39. The van der Waals surface area contributed by atoms with Crippen molar-refractivity contribution in [2.75, 3.05) is 0 Å². The van der Waals surface area contributed by atoms with Crippen LogP contribution in [-0.2, 0) is 0 Å². The first-order valence-electron chi connectivity index (χ1n) is 16.3. The Morgan fingerprint density at radius 1 is 0.480 bits per heavy atom. The molecule has 5 nitrogen and oxygen atoms in total. The maximum atomic E-state index is 10.4. The predicted molar refractivity (Wildman–Crippen MR) is 202 cm³/mol. The van der Waals surface area contributed by atoms with Crippen molar-refractivity contribution >= 4 is 49.3 Å². The quantitative estimate of drug-likeness (QED) is 0.181. The van der Waals surface area contributed by atoms with Crippen LogP contribution in [0.1, 0.15) is 11.1 Å². The fourth-order valence-electron chi connectivity index (χ4n) is 7.40. The van der Waals surface area contributed by atoms with Gasteiger partial charge >= 0.3 is 0 Å². The summed E-state index contributed by atoms with van der Waals surface area (Å²) in [6, 6.07) is 55.5. The zero-order valence-electron chi connectivity index (χ0n) is 26.7. The molecule has 0 aliphatic heterocycles. The van der Waals surface area contributed by atoms with Crippen molar-refractivity contribution in [3.63, 3.8) is 0 Å². The molecular weight excluding hydrogens is 611 g/mol. The van der Waals surface area contributed by atoms with Gasteiger partial charge in [0.05, 0.1) is 57.2 Å². The molecule has 9 aromatic rings. The van der Waals surface area contributed by atoms with Gasteiger partial charge in [-0.3, -0.25) is 0 Å². The zero-order valence-corrected chi connectivity index (χ0v) is 26.7. The van der Waals surface area contributed by atoms with Crippen molar-refractivity contribution in [2.45, 2.75) is 0 Å². The van der Waals surface area contributed by atoms with Gasteiger partial charge in [-0.25, -0.2) is 4.85 Å². The van der Waals surface area contributed by atoms with Crippen LogP contribution >= 0.6 is 0 Å². The molecule has 0 spiro atoms. The number of nitrogens with zero attached hydrogens (tertiary/aromatic N) is 5. The molecule has 50 heavy (non-hydrogen) atoms. The lowest BCUT2D eigenvalue weighted by atomic mass is 9.97. The lowest BCUT2D eigenvalue weighted by Gasteiger charge is -2.15. The molecular formula is C45H25N5. The van der Waals surface area contributed by atoms with Crippen LogP contribution in [-0.4, -0.2) is 9.13 Å².